The fourth-order valence-electron chi connectivity index (χ4n) is 1.57. The Morgan fingerprint density at radius 3 is 2.00 bits per heavy atom. The molecular formula is C13H12ClNO2S. The molecule has 0 saturated heterocycles. The second kappa shape index (κ2) is 5.42. The lowest BCUT2D eigenvalue weighted by Gasteiger charge is -2.06. The number of benzene rings is 2. The van der Waals surface area contributed by atoms with E-state index < -0.39 is 15.2 Å². The Hall–Kier alpha value is -1.52. The molecule has 0 heterocycles. The maximum absolute atomic E-state index is 11.3. The third-order valence-corrected chi connectivity index (χ3v) is 4.10. The van der Waals surface area contributed by atoms with Gasteiger partial charge in [-0.25, -0.2) is 8.42 Å². The highest BCUT2D eigenvalue weighted by molar-refractivity contribution is 7.93. The van der Waals surface area contributed by atoms with Crippen LogP contribution in [0, 0.1) is 0 Å². The molecule has 1 N–H and O–H groups in total. The van der Waals surface area contributed by atoms with Crippen LogP contribution in [0.3, 0.4) is 0 Å². The second-order valence-electron chi connectivity index (χ2n) is 3.77. The quantitative estimate of drug-likeness (QED) is 0.874. The van der Waals surface area contributed by atoms with Gasteiger partial charge < -0.3 is 0 Å². The Bertz CT molecular complexity index is 609. The second-order valence-corrected chi connectivity index (χ2v) is 6.08. The lowest BCUT2D eigenvalue weighted by Crippen LogP contribution is -2.13. The van der Waals surface area contributed by atoms with Gasteiger partial charge in [0.25, 0.3) is 0 Å². The van der Waals surface area contributed by atoms with Gasteiger partial charge in [-0.05, 0) is 23.3 Å². The first kappa shape index (κ1) is 12.9. The van der Waals surface area contributed by atoms with E-state index in [2.05, 4.69) is 4.72 Å². The van der Waals surface area contributed by atoms with Crippen LogP contribution in [0.25, 0.3) is 11.1 Å². The van der Waals surface area contributed by atoms with Crippen molar-refractivity contribution in [2.75, 3.05) is 9.93 Å². The Morgan fingerprint density at radius 2 is 1.44 bits per heavy atom. The molecule has 5 heteroatoms. The third kappa shape index (κ3) is 3.24. The van der Waals surface area contributed by atoms with Crippen molar-refractivity contribution in [1.29, 1.82) is 0 Å². The van der Waals surface area contributed by atoms with Crippen molar-refractivity contribution in [3.8, 4) is 11.1 Å². The van der Waals surface area contributed by atoms with Gasteiger partial charge in [0, 0.05) is 5.69 Å². The molecule has 0 aliphatic carbocycles. The van der Waals surface area contributed by atoms with E-state index in [-0.39, 0.29) is 0 Å². The van der Waals surface area contributed by atoms with Crippen LogP contribution in [-0.4, -0.2) is 13.6 Å². The van der Waals surface area contributed by atoms with E-state index in [0.717, 1.165) is 11.1 Å². The van der Waals surface area contributed by atoms with Crippen LogP contribution in [0.5, 0.6) is 0 Å². The van der Waals surface area contributed by atoms with Gasteiger partial charge in [-0.15, -0.1) is 11.6 Å². The molecule has 2 rings (SSSR count). The minimum Gasteiger partial charge on any atom is -0.283 e. The zero-order valence-electron chi connectivity index (χ0n) is 9.51. The number of sulfonamides is 1. The molecule has 0 amide bonds. The SMILES string of the molecule is O=S(=O)(CCl)Nc1ccc(-c2ccccc2)cc1. The number of anilines is 1. The van der Waals surface area contributed by atoms with Crippen LogP contribution in [0.2, 0.25) is 0 Å². The normalized spacial score (nSPS) is 11.2. The Kier molecular flexibility index (Phi) is 3.89. The standard InChI is InChI=1S/C13H12ClNO2S/c14-10-18(16,17)15-13-8-6-12(7-9-13)11-4-2-1-3-5-11/h1-9,15H,10H2. The summed E-state index contributed by atoms with van der Waals surface area (Å²) in [6.45, 7) is 0. The zero-order valence-corrected chi connectivity index (χ0v) is 11.1. The summed E-state index contributed by atoms with van der Waals surface area (Å²) >= 11 is 5.32. The molecule has 2 aromatic carbocycles. The van der Waals surface area contributed by atoms with Crippen molar-refractivity contribution >= 4 is 27.3 Å². The van der Waals surface area contributed by atoms with E-state index in [1.54, 1.807) is 12.1 Å². The topological polar surface area (TPSA) is 46.2 Å². The summed E-state index contributed by atoms with van der Waals surface area (Å²) in [5.41, 5.74) is 2.63. The summed E-state index contributed by atoms with van der Waals surface area (Å²) in [4.78, 5) is 0. The molecule has 3 nitrogen and oxygen atoms in total. The lowest BCUT2D eigenvalue weighted by atomic mass is 10.1. The zero-order chi connectivity index (χ0) is 13.0. The van der Waals surface area contributed by atoms with Gasteiger partial charge in [0.2, 0.25) is 10.0 Å². The van der Waals surface area contributed by atoms with E-state index in [0.29, 0.717) is 5.69 Å². The van der Waals surface area contributed by atoms with Gasteiger partial charge in [0.1, 0.15) is 5.21 Å². The van der Waals surface area contributed by atoms with Crippen LogP contribution in [0.4, 0.5) is 5.69 Å². The van der Waals surface area contributed by atoms with Crippen molar-refractivity contribution in [1.82, 2.24) is 0 Å². The summed E-state index contributed by atoms with van der Waals surface area (Å²) in [6, 6.07) is 17.0. The van der Waals surface area contributed by atoms with Crippen LogP contribution in [0.15, 0.2) is 54.6 Å². The first-order valence-corrected chi connectivity index (χ1v) is 7.51. The molecule has 18 heavy (non-hydrogen) atoms. The van der Waals surface area contributed by atoms with Gasteiger partial charge >= 0.3 is 0 Å². The number of rotatable bonds is 4. The van der Waals surface area contributed by atoms with Gasteiger partial charge in [-0.2, -0.15) is 0 Å². The molecule has 0 radical (unpaired) electrons. The average molecular weight is 282 g/mol. The highest BCUT2D eigenvalue weighted by atomic mass is 35.5. The minimum absolute atomic E-state index is 0.451. The smallest absolute Gasteiger partial charge is 0.246 e. The Labute approximate surface area is 111 Å². The van der Waals surface area contributed by atoms with Crippen molar-refractivity contribution in [2.45, 2.75) is 0 Å². The van der Waals surface area contributed by atoms with E-state index in [9.17, 15) is 8.42 Å². The first-order chi connectivity index (χ1) is 8.61. The summed E-state index contributed by atoms with van der Waals surface area (Å²) < 4.78 is 24.9. The molecule has 0 fully saturated rings. The van der Waals surface area contributed by atoms with Crippen molar-refractivity contribution < 1.29 is 8.42 Å². The molecule has 0 saturated carbocycles. The Morgan fingerprint density at radius 1 is 0.889 bits per heavy atom. The highest BCUT2D eigenvalue weighted by Crippen LogP contribution is 2.21. The number of halogens is 1. The summed E-state index contributed by atoms with van der Waals surface area (Å²) in [5, 5.41) is -0.451. The summed E-state index contributed by atoms with van der Waals surface area (Å²) in [7, 11) is -3.43. The molecule has 0 spiro atoms. The maximum atomic E-state index is 11.3. The molecule has 0 aromatic heterocycles. The van der Waals surface area contributed by atoms with E-state index in [1.165, 1.54) is 0 Å². The third-order valence-electron chi connectivity index (χ3n) is 2.41. The monoisotopic (exact) mass is 281 g/mol. The molecule has 0 atom stereocenters. The molecule has 0 bridgehead atoms. The predicted octanol–water partition coefficient (Wildman–Crippen LogP) is 3.29. The molecule has 2 aromatic rings. The first-order valence-electron chi connectivity index (χ1n) is 5.33. The largest absolute Gasteiger partial charge is 0.283 e. The fraction of sp³-hybridized carbons (Fsp3) is 0.0769. The van der Waals surface area contributed by atoms with Crippen LogP contribution in [0.1, 0.15) is 0 Å². The Balaban J connectivity index is 2.21. The summed E-state index contributed by atoms with van der Waals surface area (Å²) in [5.74, 6) is 0. The number of hydrogen-bond donors (Lipinski definition) is 1. The fourth-order valence-corrected chi connectivity index (χ4v) is 2.28. The number of nitrogens with one attached hydrogen (secondary N) is 1. The van der Waals surface area contributed by atoms with E-state index in [4.69, 9.17) is 11.6 Å². The average Bonchev–Trinajstić information content (AvgIpc) is 2.40. The molecule has 0 aliphatic heterocycles. The molecule has 0 aliphatic rings. The number of hydrogen-bond acceptors (Lipinski definition) is 2. The van der Waals surface area contributed by atoms with Gasteiger partial charge in [-0.3, -0.25) is 4.72 Å². The van der Waals surface area contributed by atoms with Crippen LogP contribution < -0.4 is 4.72 Å². The van der Waals surface area contributed by atoms with Crippen LogP contribution in [-0.2, 0) is 10.0 Å². The van der Waals surface area contributed by atoms with E-state index >= 15 is 0 Å². The van der Waals surface area contributed by atoms with E-state index in [1.807, 2.05) is 42.5 Å². The van der Waals surface area contributed by atoms with Gasteiger partial charge in [-0.1, -0.05) is 42.5 Å². The van der Waals surface area contributed by atoms with Crippen molar-refractivity contribution in [3.05, 3.63) is 54.6 Å². The minimum atomic E-state index is -3.43. The lowest BCUT2D eigenvalue weighted by molar-refractivity contribution is 0.605. The van der Waals surface area contributed by atoms with Crippen LogP contribution >= 0.6 is 11.6 Å². The highest BCUT2D eigenvalue weighted by Gasteiger charge is 2.07. The predicted molar refractivity (Wildman–Crippen MR) is 75.1 cm³/mol. The van der Waals surface area contributed by atoms with Crippen molar-refractivity contribution in [3.63, 3.8) is 0 Å². The summed E-state index contributed by atoms with van der Waals surface area (Å²) in [6.07, 6.45) is 0. The number of alkyl halides is 1. The maximum Gasteiger partial charge on any atom is 0.246 e. The van der Waals surface area contributed by atoms with Gasteiger partial charge in [0.05, 0.1) is 0 Å². The van der Waals surface area contributed by atoms with Crippen molar-refractivity contribution in [2.24, 2.45) is 0 Å². The molecule has 0 unspecified atom stereocenters. The molecular weight excluding hydrogens is 270 g/mol. The molecule has 94 valence electrons. The van der Waals surface area contributed by atoms with Gasteiger partial charge in [0.15, 0.2) is 0 Å².